The number of thiazole rings is 1. The van der Waals surface area contributed by atoms with Gasteiger partial charge in [0.05, 0.1) is 24.2 Å². The van der Waals surface area contributed by atoms with Crippen molar-refractivity contribution in [3.8, 4) is 0 Å². The van der Waals surface area contributed by atoms with Crippen molar-refractivity contribution in [1.82, 2.24) is 14.8 Å². The maximum absolute atomic E-state index is 12.2. The Bertz CT molecular complexity index is 598. The van der Waals surface area contributed by atoms with Crippen LogP contribution in [0.2, 0.25) is 0 Å². The molecule has 6 heteroatoms. The third kappa shape index (κ3) is 3.77. The Morgan fingerprint density at radius 2 is 2.14 bits per heavy atom. The number of nitrogens with two attached hydrogens (primary N) is 1. The predicted molar refractivity (Wildman–Crippen MR) is 84.6 cm³/mol. The minimum Gasteiger partial charge on any atom is -0.322 e. The lowest BCUT2D eigenvalue weighted by Crippen LogP contribution is -2.10. The summed E-state index contributed by atoms with van der Waals surface area (Å²) in [5.41, 5.74) is 7.05. The van der Waals surface area contributed by atoms with Gasteiger partial charge in [-0.2, -0.15) is 5.10 Å². The van der Waals surface area contributed by atoms with Gasteiger partial charge in [-0.25, -0.2) is 4.98 Å². The van der Waals surface area contributed by atoms with Crippen molar-refractivity contribution in [2.75, 3.05) is 0 Å². The van der Waals surface area contributed by atoms with Crippen LogP contribution in [0.25, 0.3) is 0 Å². The number of ketones is 1. The summed E-state index contributed by atoms with van der Waals surface area (Å²) < 4.78 is 1.96. The first kappa shape index (κ1) is 15.9. The van der Waals surface area contributed by atoms with E-state index in [1.807, 2.05) is 23.9 Å². The Labute approximate surface area is 129 Å². The number of nitrogens with zero attached hydrogens (tertiary/aromatic N) is 3. The minimum absolute atomic E-state index is 0.00653. The molecule has 0 fully saturated rings. The molecule has 0 amide bonds. The number of carbonyl (C=O) groups is 1. The molecule has 5 nitrogen and oxygen atoms in total. The standard InChI is InChI=1S/C15H22N4OS/c1-4-12(5-2)19-7-6-11(18-19)8-14(20)13-9-21-15(17-13)10(3)16/h6-7,9-10,12H,4-5,8,16H2,1-3H3. The first-order valence-electron chi connectivity index (χ1n) is 7.33. The Kier molecular flexibility index (Phi) is 5.25. The zero-order valence-corrected chi connectivity index (χ0v) is 13.6. The second-order valence-corrected chi connectivity index (χ2v) is 6.11. The maximum atomic E-state index is 12.2. The highest BCUT2D eigenvalue weighted by Crippen LogP contribution is 2.18. The van der Waals surface area contributed by atoms with Gasteiger partial charge in [0.15, 0.2) is 5.78 Å². The zero-order chi connectivity index (χ0) is 15.4. The summed E-state index contributed by atoms with van der Waals surface area (Å²) in [6.07, 6.45) is 4.31. The van der Waals surface area contributed by atoms with Gasteiger partial charge < -0.3 is 5.73 Å². The summed E-state index contributed by atoms with van der Waals surface area (Å²) in [6, 6.07) is 2.18. The largest absolute Gasteiger partial charge is 0.322 e. The molecule has 0 bridgehead atoms. The molecular weight excluding hydrogens is 284 g/mol. The van der Waals surface area contributed by atoms with Gasteiger partial charge >= 0.3 is 0 Å². The summed E-state index contributed by atoms with van der Waals surface area (Å²) in [7, 11) is 0. The minimum atomic E-state index is -0.134. The second-order valence-electron chi connectivity index (χ2n) is 5.22. The average Bonchev–Trinajstić information content (AvgIpc) is 3.09. The monoisotopic (exact) mass is 306 g/mol. The summed E-state index contributed by atoms with van der Waals surface area (Å²) in [5.74, 6) is -0.00653. The molecule has 2 heterocycles. The second kappa shape index (κ2) is 6.95. The molecule has 0 saturated heterocycles. The van der Waals surface area contributed by atoms with Gasteiger partial charge in [0.1, 0.15) is 10.7 Å². The normalized spacial score (nSPS) is 12.8. The molecule has 0 aliphatic rings. The molecule has 2 N–H and O–H groups in total. The van der Waals surface area contributed by atoms with Crippen LogP contribution in [0.5, 0.6) is 0 Å². The van der Waals surface area contributed by atoms with Gasteiger partial charge in [0.25, 0.3) is 0 Å². The van der Waals surface area contributed by atoms with Gasteiger partial charge in [0, 0.05) is 11.6 Å². The van der Waals surface area contributed by atoms with Crippen molar-refractivity contribution in [2.24, 2.45) is 5.73 Å². The molecule has 1 unspecified atom stereocenters. The highest BCUT2D eigenvalue weighted by Gasteiger charge is 2.15. The van der Waals surface area contributed by atoms with Gasteiger partial charge in [-0.05, 0) is 25.8 Å². The van der Waals surface area contributed by atoms with E-state index in [2.05, 4.69) is 23.9 Å². The SMILES string of the molecule is CCC(CC)n1ccc(CC(=O)c2csc(C(C)N)n2)n1. The number of hydrogen-bond acceptors (Lipinski definition) is 5. The van der Waals surface area contributed by atoms with Crippen molar-refractivity contribution >= 4 is 17.1 Å². The Hall–Kier alpha value is -1.53. The Morgan fingerprint density at radius 3 is 2.71 bits per heavy atom. The molecule has 0 radical (unpaired) electrons. The van der Waals surface area contributed by atoms with Crippen LogP contribution in [0.4, 0.5) is 0 Å². The molecular formula is C15H22N4OS. The summed E-state index contributed by atoms with van der Waals surface area (Å²) in [5, 5.41) is 7.08. The first-order valence-corrected chi connectivity index (χ1v) is 8.21. The molecule has 1 atom stereocenters. The molecule has 0 saturated carbocycles. The molecule has 21 heavy (non-hydrogen) atoms. The van der Waals surface area contributed by atoms with E-state index >= 15 is 0 Å². The van der Waals surface area contributed by atoms with E-state index in [4.69, 9.17) is 5.73 Å². The summed E-state index contributed by atoms with van der Waals surface area (Å²) in [4.78, 5) is 16.5. The first-order chi connectivity index (χ1) is 10.0. The third-order valence-electron chi connectivity index (χ3n) is 3.52. The molecule has 2 aromatic rings. The molecule has 2 aromatic heterocycles. The molecule has 0 spiro atoms. The van der Waals surface area contributed by atoms with Crippen LogP contribution in [0.3, 0.4) is 0 Å². The molecule has 114 valence electrons. The fourth-order valence-corrected chi connectivity index (χ4v) is 3.00. The number of carbonyl (C=O) groups excluding carboxylic acids is 1. The number of aromatic nitrogens is 3. The quantitative estimate of drug-likeness (QED) is 0.797. The van der Waals surface area contributed by atoms with Gasteiger partial charge in [-0.1, -0.05) is 13.8 Å². The van der Waals surface area contributed by atoms with Crippen LogP contribution >= 0.6 is 11.3 Å². The fourth-order valence-electron chi connectivity index (χ4n) is 2.22. The highest BCUT2D eigenvalue weighted by atomic mass is 32.1. The Balaban J connectivity index is 2.05. The van der Waals surface area contributed by atoms with E-state index in [0.29, 0.717) is 11.7 Å². The van der Waals surface area contributed by atoms with Crippen LogP contribution < -0.4 is 5.73 Å². The molecule has 2 rings (SSSR count). The lowest BCUT2D eigenvalue weighted by atomic mass is 10.2. The molecule has 0 aromatic carbocycles. The average molecular weight is 306 g/mol. The molecule has 0 aliphatic carbocycles. The van der Waals surface area contributed by atoms with Gasteiger partial charge in [-0.15, -0.1) is 11.3 Å². The highest BCUT2D eigenvalue weighted by molar-refractivity contribution is 7.09. The zero-order valence-electron chi connectivity index (χ0n) is 12.7. The van der Waals surface area contributed by atoms with Gasteiger partial charge in [0.2, 0.25) is 0 Å². The van der Waals surface area contributed by atoms with E-state index < -0.39 is 0 Å². The van der Waals surface area contributed by atoms with E-state index in [-0.39, 0.29) is 18.2 Å². The van der Waals surface area contributed by atoms with E-state index in [1.165, 1.54) is 11.3 Å². The van der Waals surface area contributed by atoms with E-state index in [1.54, 1.807) is 5.38 Å². The maximum Gasteiger partial charge on any atom is 0.188 e. The van der Waals surface area contributed by atoms with Gasteiger partial charge in [-0.3, -0.25) is 9.48 Å². The fraction of sp³-hybridized carbons (Fsp3) is 0.533. The van der Waals surface area contributed by atoms with Crippen LogP contribution in [0, 0.1) is 0 Å². The third-order valence-corrected chi connectivity index (χ3v) is 4.56. The Morgan fingerprint density at radius 1 is 1.43 bits per heavy atom. The van der Waals surface area contributed by atoms with Crippen LogP contribution in [0.15, 0.2) is 17.6 Å². The van der Waals surface area contributed by atoms with Crippen LogP contribution in [-0.4, -0.2) is 20.5 Å². The smallest absolute Gasteiger partial charge is 0.188 e. The van der Waals surface area contributed by atoms with Crippen molar-refractivity contribution in [3.63, 3.8) is 0 Å². The van der Waals surface area contributed by atoms with Crippen LogP contribution in [0.1, 0.15) is 66.9 Å². The molecule has 0 aliphatic heterocycles. The number of hydrogen-bond donors (Lipinski definition) is 1. The van der Waals surface area contributed by atoms with Crippen molar-refractivity contribution in [1.29, 1.82) is 0 Å². The lowest BCUT2D eigenvalue weighted by Gasteiger charge is -2.12. The van der Waals surface area contributed by atoms with E-state index in [9.17, 15) is 4.79 Å². The van der Waals surface area contributed by atoms with Crippen molar-refractivity contribution in [2.45, 2.75) is 52.1 Å². The summed E-state index contributed by atoms with van der Waals surface area (Å²) >= 11 is 1.43. The van der Waals surface area contributed by atoms with E-state index in [0.717, 1.165) is 23.5 Å². The number of rotatable bonds is 7. The predicted octanol–water partition coefficient (Wildman–Crippen LogP) is 3.15. The summed E-state index contributed by atoms with van der Waals surface area (Å²) in [6.45, 7) is 6.15. The van der Waals surface area contributed by atoms with Crippen molar-refractivity contribution in [3.05, 3.63) is 34.0 Å². The topological polar surface area (TPSA) is 73.8 Å². The van der Waals surface area contributed by atoms with Crippen molar-refractivity contribution < 1.29 is 4.79 Å². The number of Topliss-reactive ketones (excluding diaryl/α,β-unsaturated/α-hetero) is 1. The lowest BCUT2D eigenvalue weighted by molar-refractivity contribution is 0.0987. The van der Waals surface area contributed by atoms with Crippen LogP contribution in [-0.2, 0) is 6.42 Å².